The van der Waals surface area contributed by atoms with Crippen LogP contribution in [0, 0.1) is 0 Å². The number of rotatable bonds is 3. The van der Waals surface area contributed by atoms with E-state index in [0.29, 0.717) is 11.5 Å². The maximum atomic E-state index is 5.23. The van der Waals surface area contributed by atoms with Crippen molar-refractivity contribution < 1.29 is 4.42 Å². The first-order chi connectivity index (χ1) is 13.9. The molecule has 28 heavy (non-hydrogen) atoms. The van der Waals surface area contributed by atoms with E-state index < -0.39 is 0 Å². The summed E-state index contributed by atoms with van der Waals surface area (Å²) < 4.78 is 5.23. The van der Waals surface area contributed by atoms with Crippen molar-refractivity contribution in [3.63, 3.8) is 0 Å². The summed E-state index contributed by atoms with van der Waals surface area (Å²) >= 11 is 0. The first kappa shape index (κ1) is 14.9. The molecular weight excluding hydrogens is 354 g/mol. The van der Waals surface area contributed by atoms with Crippen LogP contribution in [-0.4, -0.2) is 35.3 Å². The molecule has 0 saturated heterocycles. The number of nitrogens with zero attached hydrogens (tertiary/aromatic N) is 4. The quantitative estimate of drug-likeness (QED) is 0.435. The molecule has 5 aromatic heterocycles. The molecule has 3 N–H and O–H groups in total. The second kappa shape index (κ2) is 5.65. The minimum atomic E-state index is 0.661. The lowest BCUT2D eigenvalue weighted by Crippen LogP contribution is -1.86. The van der Waals surface area contributed by atoms with Crippen LogP contribution in [0.4, 0.5) is 0 Å². The van der Waals surface area contributed by atoms with Crippen molar-refractivity contribution in [1.82, 2.24) is 35.3 Å². The number of para-hydroxylation sites is 1. The number of H-pyrrole nitrogens is 3. The smallest absolute Gasteiger partial charge is 0.161 e. The number of nitrogens with one attached hydrogen (secondary N) is 3. The molecule has 1 aromatic carbocycles. The minimum Gasteiger partial charge on any atom is -0.472 e. The molecule has 6 rings (SSSR count). The van der Waals surface area contributed by atoms with E-state index in [1.165, 1.54) is 0 Å². The van der Waals surface area contributed by atoms with E-state index in [2.05, 4.69) is 25.4 Å². The fourth-order valence-corrected chi connectivity index (χ4v) is 3.41. The molecule has 0 saturated carbocycles. The third kappa shape index (κ3) is 2.18. The molecule has 0 amide bonds. The number of pyridine rings is 1. The first-order valence-corrected chi connectivity index (χ1v) is 8.73. The molecule has 8 heteroatoms. The Morgan fingerprint density at radius 2 is 1.89 bits per heavy atom. The first-order valence-electron chi connectivity index (χ1n) is 8.73. The molecule has 134 valence electrons. The van der Waals surface area contributed by atoms with Gasteiger partial charge in [-0.2, -0.15) is 10.2 Å². The highest BCUT2D eigenvalue weighted by Gasteiger charge is 2.17. The SMILES string of the molecule is c1cc(-c2ccoc2)c2nc(-c3n[nH]c4ccc(-c5cn[nH]c5)nc34)[nH]c2c1. The van der Waals surface area contributed by atoms with Gasteiger partial charge in [0.25, 0.3) is 0 Å². The van der Waals surface area contributed by atoms with Gasteiger partial charge in [0.1, 0.15) is 5.52 Å². The molecule has 0 aliphatic rings. The normalized spacial score (nSPS) is 11.6. The molecule has 8 nitrogen and oxygen atoms in total. The van der Waals surface area contributed by atoms with Crippen LogP contribution >= 0.6 is 0 Å². The zero-order chi connectivity index (χ0) is 18.5. The van der Waals surface area contributed by atoms with E-state index >= 15 is 0 Å². The third-order valence-electron chi connectivity index (χ3n) is 4.77. The number of aromatic nitrogens is 7. The molecule has 6 aromatic rings. The molecule has 0 aliphatic carbocycles. The van der Waals surface area contributed by atoms with Crippen LogP contribution in [0.2, 0.25) is 0 Å². The van der Waals surface area contributed by atoms with Crippen molar-refractivity contribution in [1.29, 1.82) is 0 Å². The molecule has 0 unspecified atom stereocenters. The summed E-state index contributed by atoms with van der Waals surface area (Å²) in [5.74, 6) is 0.661. The lowest BCUT2D eigenvalue weighted by atomic mass is 10.1. The zero-order valence-electron chi connectivity index (χ0n) is 14.5. The molecule has 0 radical (unpaired) electrons. The van der Waals surface area contributed by atoms with Gasteiger partial charge in [-0.25, -0.2) is 9.97 Å². The van der Waals surface area contributed by atoms with E-state index in [1.54, 1.807) is 18.7 Å². The van der Waals surface area contributed by atoms with Crippen LogP contribution in [0.3, 0.4) is 0 Å². The highest BCUT2D eigenvalue weighted by molar-refractivity contribution is 5.96. The second-order valence-electron chi connectivity index (χ2n) is 6.45. The average molecular weight is 367 g/mol. The maximum absolute atomic E-state index is 5.23. The van der Waals surface area contributed by atoms with Gasteiger partial charge in [-0.15, -0.1) is 0 Å². The Hall–Kier alpha value is -4.20. The van der Waals surface area contributed by atoms with Gasteiger partial charge in [-0.1, -0.05) is 12.1 Å². The highest BCUT2D eigenvalue weighted by atomic mass is 16.3. The Balaban J connectivity index is 1.55. The number of hydrogen-bond donors (Lipinski definition) is 3. The Bertz CT molecular complexity index is 1410. The molecule has 0 atom stereocenters. The summed E-state index contributed by atoms with van der Waals surface area (Å²) in [6, 6.07) is 11.8. The Labute approximate surface area is 157 Å². The second-order valence-corrected chi connectivity index (χ2v) is 6.45. The Morgan fingerprint density at radius 1 is 0.893 bits per heavy atom. The van der Waals surface area contributed by atoms with Crippen LogP contribution in [0.25, 0.3) is 56.0 Å². The number of aromatic amines is 3. The maximum Gasteiger partial charge on any atom is 0.161 e. The molecule has 0 bridgehead atoms. The topological polar surface area (TPSA) is 112 Å². The van der Waals surface area contributed by atoms with Gasteiger partial charge in [0.2, 0.25) is 0 Å². The molecule has 0 fully saturated rings. The van der Waals surface area contributed by atoms with Crippen LogP contribution in [0.1, 0.15) is 0 Å². The third-order valence-corrected chi connectivity index (χ3v) is 4.77. The van der Waals surface area contributed by atoms with E-state index in [4.69, 9.17) is 14.4 Å². The molecule has 0 aliphatic heterocycles. The fraction of sp³-hybridized carbons (Fsp3) is 0. The van der Waals surface area contributed by atoms with Crippen molar-refractivity contribution in [2.75, 3.05) is 0 Å². The van der Waals surface area contributed by atoms with E-state index in [-0.39, 0.29) is 0 Å². The summed E-state index contributed by atoms with van der Waals surface area (Å²) in [6.45, 7) is 0. The number of imidazole rings is 1. The lowest BCUT2D eigenvalue weighted by Gasteiger charge is -1.97. The van der Waals surface area contributed by atoms with E-state index in [1.807, 2.05) is 42.6 Å². The summed E-state index contributed by atoms with van der Waals surface area (Å²) in [4.78, 5) is 12.9. The van der Waals surface area contributed by atoms with Crippen molar-refractivity contribution in [3.05, 3.63) is 61.3 Å². The van der Waals surface area contributed by atoms with Gasteiger partial charge in [-0.05, 0) is 24.3 Å². The predicted molar refractivity (Wildman–Crippen MR) is 104 cm³/mol. The fourth-order valence-electron chi connectivity index (χ4n) is 3.41. The van der Waals surface area contributed by atoms with Crippen molar-refractivity contribution >= 4 is 22.1 Å². The average Bonchev–Trinajstić information content (AvgIpc) is 3.53. The number of benzene rings is 1. The number of fused-ring (bicyclic) bond motifs is 2. The predicted octanol–water partition coefficient (Wildman–Crippen LogP) is 4.15. The van der Waals surface area contributed by atoms with Crippen molar-refractivity contribution in [2.45, 2.75) is 0 Å². The zero-order valence-corrected chi connectivity index (χ0v) is 14.5. The van der Waals surface area contributed by atoms with Gasteiger partial charge in [0.05, 0.1) is 41.0 Å². The lowest BCUT2D eigenvalue weighted by molar-refractivity contribution is 0.568. The van der Waals surface area contributed by atoms with Crippen LogP contribution in [-0.2, 0) is 0 Å². The summed E-state index contributed by atoms with van der Waals surface area (Å²) in [7, 11) is 0. The van der Waals surface area contributed by atoms with Gasteiger partial charge < -0.3 is 9.40 Å². The summed E-state index contributed by atoms with van der Waals surface area (Å²) in [5, 5.41) is 14.3. The van der Waals surface area contributed by atoms with Crippen LogP contribution in [0.15, 0.2) is 65.7 Å². The van der Waals surface area contributed by atoms with Crippen LogP contribution in [0.5, 0.6) is 0 Å². The molecular formula is C20H13N7O. The highest BCUT2D eigenvalue weighted by Crippen LogP contribution is 2.31. The molecule has 5 heterocycles. The molecule has 0 spiro atoms. The van der Waals surface area contributed by atoms with Gasteiger partial charge in [0, 0.05) is 22.9 Å². The van der Waals surface area contributed by atoms with E-state index in [9.17, 15) is 0 Å². The Morgan fingerprint density at radius 3 is 2.75 bits per heavy atom. The van der Waals surface area contributed by atoms with Crippen LogP contribution < -0.4 is 0 Å². The summed E-state index contributed by atoms with van der Waals surface area (Å²) in [6.07, 6.45) is 6.93. The van der Waals surface area contributed by atoms with Gasteiger partial charge in [0.15, 0.2) is 11.5 Å². The minimum absolute atomic E-state index is 0.661. The standard InChI is InChI=1S/C20H13N7O/c1-2-13(11-6-7-28-10-11)17-15(3-1)24-20(25-17)19-18-16(26-27-19)5-4-14(23-18)12-8-21-22-9-12/h1-10H,(H,21,22)(H,24,25)(H,26,27). The monoisotopic (exact) mass is 367 g/mol. The largest absolute Gasteiger partial charge is 0.472 e. The summed E-state index contributed by atoms with van der Waals surface area (Å²) in [5.41, 5.74) is 7.78. The number of hydrogen-bond acceptors (Lipinski definition) is 5. The van der Waals surface area contributed by atoms with Gasteiger partial charge in [-0.3, -0.25) is 10.2 Å². The van der Waals surface area contributed by atoms with Crippen molar-refractivity contribution in [3.8, 4) is 33.9 Å². The Kier molecular flexibility index (Phi) is 3.01. The number of furan rings is 1. The van der Waals surface area contributed by atoms with E-state index in [0.717, 1.165) is 44.5 Å². The van der Waals surface area contributed by atoms with Gasteiger partial charge >= 0.3 is 0 Å². The van der Waals surface area contributed by atoms with Crippen molar-refractivity contribution in [2.24, 2.45) is 0 Å².